The van der Waals surface area contributed by atoms with Gasteiger partial charge < -0.3 is 14.9 Å². The van der Waals surface area contributed by atoms with Gasteiger partial charge in [-0.2, -0.15) is 0 Å². The average molecular weight is 198 g/mol. The first-order chi connectivity index (χ1) is 5.33. The molecule has 0 aromatic carbocycles. The van der Waals surface area contributed by atoms with Crippen molar-refractivity contribution in [1.29, 1.82) is 0 Å². The molecule has 0 saturated heterocycles. The third-order valence-corrected chi connectivity index (χ3v) is 2.41. The van der Waals surface area contributed by atoms with Crippen molar-refractivity contribution in [1.82, 2.24) is 0 Å². The zero-order chi connectivity index (χ0) is 9.83. The molecule has 0 spiro atoms. The van der Waals surface area contributed by atoms with Crippen molar-refractivity contribution in [3.8, 4) is 0 Å². The summed E-state index contributed by atoms with van der Waals surface area (Å²) in [6.07, 6.45) is 0.660. The van der Waals surface area contributed by atoms with Gasteiger partial charge in [-0.25, -0.2) is 4.57 Å². The molecule has 0 aromatic rings. The van der Waals surface area contributed by atoms with E-state index < -0.39 is 13.4 Å². The average Bonchev–Trinajstić information content (AvgIpc) is 1.84. The van der Waals surface area contributed by atoms with E-state index in [0.717, 1.165) is 0 Å². The third-order valence-electron chi connectivity index (χ3n) is 1.73. The topological polar surface area (TPSA) is 87.0 Å². The highest BCUT2D eigenvalue weighted by molar-refractivity contribution is 7.46. The molecule has 1 atom stereocenters. The van der Waals surface area contributed by atoms with Crippen LogP contribution in [0.2, 0.25) is 0 Å². The molecule has 0 heterocycles. The monoisotopic (exact) mass is 198 g/mol. The second kappa shape index (κ2) is 4.35. The fourth-order valence-corrected chi connectivity index (χ4v) is 1.61. The molecule has 1 unspecified atom stereocenters. The third kappa shape index (κ3) is 4.85. The minimum atomic E-state index is -4.44. The summed E-state index contributed by atoms with van der Waals surface area (Å²) in [5.74, 6) is 0. The Hall–Kier alpha value is 0.0700. The number of phosphoric acid groups is 1. The predicted molar refractivity (Wildman–Crippen MR) is 43.5 cm³/mol. The number of hydrogen-bond acceptors (Lipinski definition) is 3. The molecule has 0 aromatic heterocycles. The van der Waals surface area contributed by atoms with Crippen molar-refractivity contribution in [2.24, 2.45) is 0 Å². The molecule has 0 aliphatic heterocycles. The minimum absolute atomic E-state index is 0.148. The van der Waals surface area contributed by atoms with Crippen LogP contribution in [0, 0.1) is 0 Å². The fourth-order valence-electron chi connectivity index (χ4n) is 0.811. The molecule has 0 radical (unpaired) electrons. The predicted octanol–water partition coefficient (Wildman–Crippen LogP) is 0.647. The van der Waals surface area contributed by atoms with Crippen molar-refractivity contribution in [3.63, 3.8) is 0 Å². The van der Waals surface area contributed by atoms with Crippen molar-refractivity contribution in [2.75, 3.05) is 6.61 Å². The van der Waals surface area contributed by atoms with E-state index in [2.05, 4.69) is 4.52 Å². The van der Waals surface area contributed by atoms with Gasteiger partial charge in [-0.05, 0) is 19.8 Å². The number of aliphatic hydroxyl groups excluding tert-OH is 1. The van der Waals surface area contributed by atoms with E-state index in [-0.39, 0.29) is 13.0 Å². The molecule has 12 heavy (non-hydrogen) atoms. The van der Waals surface area contributed by atoms with Gasteiger partial charge in [0.25, 0.3) is 0 Å². The highest BCUT2D eigenvalue weighted by atomic mass is 31.2. The normalized spacial score (nSPS) is 17.4. The van der Waals surface area contributed by atoms with E-state index in [1.54, 1.807) is 13.8 Å². The van der Waals surface area contributed by atoms with Gasteiger partial charge in [0.1, 0.15) is 0 Å². The van der Waals surface area contributed by atoms with Crippen LogP contribution in [0.25, 0.3) is 0 Å². The SMILES string of the molecule is CCC(C)(CCO)OP(=O)(O)O. The summed E-state index contributed by atoms with van der Waals surface area (Å²) in [6, 6.07) is 0. The maximum atomic E-state index is 10.5. The van der Waals surface area contributed by atoms with Crippen molar-refractivity contribution in [2.45, 2.75) is 32.3 Å². The van der Waals surface area contributed by atoms with Gasteiger partial charge in [-0.15, -0.1) is 0 Å². The zero-order valence-corrected chi connectivity index (χ0v) is 8.12. The molecule has 6 heteroatoms. The maximum Gasteiger partial charge on any atom is 0.470 e. The van der Waals surface area contributed by atoms with E-state index in [1.165, 1.54) is 0 Å². The first kappa shape index (κ1) is 12.1. The van der Waals surface area contributed by atoms with Gasteiger partial charge in [0.2, 0.25) is 0 Å². The zero-order valence-electron chi connectivity index (χ0n) is 7.23. The summed E-state index contributed by atoms with van der Waals surface area (Å²) in [5, 5.41) is 8.60. The Morgan fingerprint density at radius 1 is 1.50 bits per heavy atom. The molecular formula is C6H15O5P. The molecule has 0 rings (SSSR count). The van der Waals surface area contributed by atoms with Gasteiger partial charge in [-0.1, -0.05) is 6.92 Å². The second-order valence-electron chi connectivity index (χ2n) is 2.86. The van der Waals surface area contributed by atoms with Crippen molar-refractivity contribution < 1.29 is 24.0 Å². The first-order valence-corrected chi connectivity index (χ1v) is 5.23. The molecule has 0 fully saturated rings. The van der Waals surface area contributed by atoms with Crippen LogP contribution in [0.15, 0.2) is 0 Å². The van der Waals surface area contributed by atoms with Gasteiger partial charge in [0, 0.05) is 6.61 Å². The number of rotatable bonds is 5. The van der Waals surface area contributed by atoms with Gasteiger partial charge >= 0.3 is 7.82 Å². The summed E-state index contributed by atoms with van der Waals surface area (Å²) >= 11 is 0. The Bertz CT molecular complexity index is 177. The van der Waals surface area contributed by atoms with E-state index in [1.807, 2.05) is 0 Å². The highest BCUT2D eigenvalue weighted by Gasteiger charge is 2.31. The first-order valence-electron chi connectivity index (χ1n) is 3.70. The molecule has 0 amide bonds. The Balaban J connectivity index is 4.23. The largest absolute Gasteiger partial charge is 0.470 e. The Labute approximate surface area is 71.6 Å². The fraction of sp³-hybridized carbons (Fsp3) is 1.00. The lowest BCUT2D eigenvalue weighted by Gasteiger charge is -2.27. The van der Waals surface area contributed by atoms with Crippen molar-refractivity contribution >= 4 is 7.82 Å². The Kier molecular flexibility index (Phi) is 4.37. The van der Waals surface area contributed by atoms with Crippen LogP contribution < -0.4 is 0 Å². The molecule has 3 N–H and O–H groups in total. The van der Waals surface area contributed by atoms with E-state index in [0.29, 0.717) is 6.42 Å². The van der Waals surface area contributed by atoms with Crippen LogP contribution in [-0.4, -0.2) is 27.1 Å². The van der Waals surface area contributed by atoms with Crippen LogP contribution in [0.1, 0.15) is 26.7 Å². The lowest BCUT2D eigenvalue weighted by atomic mass is 10.0. The number of aliphatic hydroxyl groups is 1. The lowest BCUT2D eigenvalue weighted by molar-refractivity contribution is 0.0252. The lowest BCUT2D eigenvalue weighted by Crippen LogP contribution is -2.27. The van der Waals surface area contributed by atoms with Crippen LogP contribution in [-0.2, 0) is 9.09 Å². The van der Waals surface area contributed by atoms with E-state index in [9.17, 15) is 4.57 Å². The number of hydrogen-bond donors (Lipinski definition) is 3. The van der Waals surface area contributed by atoms with Crippen molar-refractivity contribution in [3.05, 3.63) is 0 Å². The molecule has 0 saturated carbocycles. The second-order valence-corrected chi connectivity index (χ2v) is 4.02. The summed E-state index contributed by atoms with van der Waals surface area (Å²) in [7, 11) is -4.44. The maximum absolute atomic E-state index is 10.5. The van der Waals surface area contributed by atoms with E-state index >= 15 is 0 Å². The van der Waals surface area contributed by atoms with Crippen LogP contribution >= 0.6 is 7.82 Å². The van der Waals surface area contributed by atoms with Gasteiger partial charge in [0.05, 0.1) is 5.60 Å². The Morgan fingerprint density at radius 3 is 2.25 bits per heavy atom. The van der Waals surface area contributed by atoms with Gasteiger partial charge in [0.15, 0.2) is 0 Å². The summed E-state index contributed by atoms with van der Waals surface area (Å²) in [6.45, 7) is 3.15. The summed E-state index contributed by atoms with van der Waals surface area (Å²) < 4.78 is 15.0. The smallest absolute Gasteiger partial charge is 0.396 e. The summed E-state index contributed by atoms with van der Waals surface area (Å²) in [5.41, 5.74) is -0.937. The van der Waals surface area contributed by atoms with Crippen LogP contribution in [0.3, 0.4) is 0 Å². The standard InChI is InChI=1S/C6H15O5P/c1-3-6(2,4-5-7)11-12(8,9)10/h7H,3-5H2,1-2H3,(H2,8,9,10). The molecule has 0 bridgehead atoms. The molecular weight excluding hydrogens is 183 g/mol. The Morgan fingerprint density at radius 2 is 2.00 bits per heavy atom. The molecule has 5 nitrogen and oxygen atoms in total. The van der Waals surface area contributed by atoms with Crippen LogP contribution in [0.5, 0.6) is 0 Å². The molecule has 74 valence electrons. The molecule has 0 aliphatic carbocycles. The minimum Gasteiger partial charge on any atom is -0.396 e. The summed E-state index contributed by atoms with van der Waals surface area (Å²) in [4.78, 5) is 17.0. The highest BCUT2D eigenvalue weighted by Crippen LogP contribution is 2.43. The molecule has 0 aliphatic rings. The number of phosphoric ester groups is 1. The van der Waals surface area contributed by atoms with E-state index in [4.69, 9.17) is 14.9 Å². The van der Waals surface area contributed by atoms with Crippen LogP contribution in [0.4, 0.5) is 0 Å². The quantitative estimate of drug-likeness (QED) is 0.564. The van der Waals surface area contributed by atoms with Gasteiger partial charge in [-0.3, -0.25) is 4.52 Å².